The average Bonchev–Trinajstić information content (AvgIpc) is 3.16. The number of ether oxygens (including phenoxy) is 1. The Hall–Kier alpha value is -1.30. The molecule has 2 aliphatic rings. The lowest BCUT2D eigenvalue weighted by Gasteiger charge is -2.34. The summed E-state index contributed by atoms with van der Waals surface area (Å²) in [5.74, 6) is 0.456. The van der Waals surface area contributed by atoms with E-state index < -0.39 is 5.41 Å². The topological polar surface area (TPSA) is 96.9 Å². The quantitative estimate of drug-likeness (QED) is 0.294. The van der Waals surface area contributed by atoms with Crippen LogP contribution < -0.4 is 11.1 Å². The summed E-state index contributed by atoms with van der Waals surface area (Å²) in [5.41, 5.74) is 4.84. The minimum atomic E-state index is -0.895. The fourth-order valence-corrected chi connectivity index (χ4v) is 2.60. The second-order valence-electron chi connectivity index (χ2n) is 5.16. The van der Waals surface area contributed by atoms with Gasteiger partial charge in [0.05, 0.1) is 0 Å². The van der Waals surface area contributed by atoms with E-state index in [-0.39, 0.29) is 17.8 Å². The molecule has 2 fully saturated rings. The highest BCUT2D eigenvalue weighted by Crippen LogP contribution is 2.36. The van der Waals surface area contributed by atoms with Gasteiger partial charge in [0.1, 0.15) is 5.41 Å². The van der Waals surface area contributed by atoms with E-state index in [1.54, 1.807) is 0 Å². The smallest absolute Gasteiger partial charge is 0.234 e. The summed E-state index contributed by atoms with van der Waals surface area (Å²) < 4.78 is 5.26. The van der Waals surface area contributed by atoms with Crippen LogP contribution in [0.5, 0.6) is 0 Å². The largest absolute Gasteiger partial charge is 0.409 e. The summed E-state index contributed by atoms with van der Waals surface area (Å²) in [6.07, 6.45) is 3.05. The van der Waals surface area contributed by atoms with E-state index >= 15 is 0 Å². The highest BCUT2D eigenvalue weighted by Gasteiger charge is 2.47. The van der Waals surface area contributed by atoms with Gasteiger partial charge in [0.15, 0.2) is 5.84 Å². The van der Waals surface area contributed by atoms with Crippen molar-refractivity contribution in [3.8, 4) is 0 Å². The lowest BCUT2D eigenvalue weighted by Crippen LogP contribution is -2.53. The summed E-state index contributed by atoms with van der Waals surface area (Å²) in [7, 11) is 0. The first kappa shape index (κ1) is 13.1. The molecular weight excluding hydrogens is 234 g/mol. The van der Waals surface area contributed by atoms with Crippen molar-refractivity contribution in [1.82, 2.24) is 5.32 Å². The van der Waals surface area contributed by atoms with Crippen LogP contribution in [-0.4, -0.2) is 36.2 Å². The van der Waals surface area contributed by atoms with Gasteiger partial charge < -0.3 is 21.0 Å². The van der Waals surface area contributed by atoms with Gasteiger partial charge >= 0.3 is 0 Å². The van der Waals surface area contributed by atoms with Gasteiger partial charge in [0, 0.05) is 19.3 Å². The van der Waals surface area contributed by atoms with E-state index in [9.17, 15) is 4.79 Å². The molecule has 0 bridgehead atoms. The zero-order valence-corrected chi connectivity index (χ0v) is 10.7. The molecule has 1 heterocycles. The molecule has 1 aliphatic carbocycles. The maximum absolute atomic E-state index is 12.4. The minimum Gasteiger partial charge on any atom is -0.409 e. The van der Waals surface area contributed by atoms with Crippen LogP contribution in [0.15, 0.2) is 5.16 Å². The number of nitrogens with one attached hydrogen (secondary N) is 1. The first-order valence-corrected chi connectivity index (χ1v) is 6.50. The summed E-state index contributed by atoms with van der Waals surface area (Å²) in [5, 5.41) is 15.0. The summed E-state index contributed by atoms with van der Waals surface area (Å²) in [6, 6.07) is 0.258. The highest BCUT2D eigenvalue weighted by atomic mass is 16.5. The zero-order chi connectivity index (χ0) is 13.2. The molecule has 0 radical (unpaired) electrons. The second-order valence-corrected chi connectivity index (χ2v) is 5.16. The fourth-order valence-electron chi connectivity index (χ4n) is 2.60. The molecule has 1 saturated carbocycles. The van der Waals surface area contributed by atoms with Crippen LogP contribution in [-0.2, 0) is 9.53 Å². The number of hydrogen-bond acceptors (Lipinski definition) is 4. The number of hydrogen-bond donors (Lipinski definition) is 3. The zero-order valence-electron chi connectivity index (χ0n) is 10.7. The molecule has 2 rings (SSSR count). The molecule has 1 aliphatic heterocycles. The summed E-state index contributed by atoms with van der Waals surface area (Å²) in [6.45, 7) is 3.04. The molecule has 102 valence electrons. The van der Waals surface area contributed by atoms with Crippen LogP contribution in [0.3, 0.4) is 0 Å². The first-order valence-electron chi connectivity index (χ1n) is 6.50. The highest BCUT2D eigenvalue weighted by molar-refractivity contribution is 6.07. The van der Waals surface area contributed by atoms with Crippen LogP contribution in [0.1, 0.15) is 32.6 Å². The van der Waals surface area contributed by atoms with Crippen molar-refractivity contribution in [2.45, 2.75) is 38.6 Å². The van der Waals surface area contributed by atoms with E-state index in [0.29, 0.717) is 32.0 Å². The van der Waals surface area contributed by atoms with Crippen molar-refractivity contribution < 1.29 is 14.7 Å². The fraction of sp³-hybridized carbons (Fsp3) is 0.833. The third-order valence-corrected chi connectivity index (χ3v) is 4.14. The Balaban J connectivity index is 2.06. The molecule has 18 heavy (non-hydrogen) atoms. The first-order chi connectivity index (χ1) is 8.64. The lowest BCUT2D eigenvalue weighted by molar-refractivity contribution is -0.131. The molecular formula is C12H21N3O3. The van der Waals surface area contributed by atoms with Crippen molar-refractivity contribution >= 4 is 11.7 Å². The van der Waals surface area contributed by atoms with E-state index in [1.165, 1.54) is 0 Å². The van der Waals surface area contributed by atoms with Crippen molar-refractivity contribution in [3.05, 3.63) is 0 Å². The third-order valence-electron chi connectivity index (χ3n) is 4.14. The number of rotatable bonds is 4. The van der Waals surface area contributed by atoms with Crippen LogP contribution in [0.4, 0.5) is 0 Å². The molecule has 2 atom stereocenters. The monoisotopic (exact) mass is 255 g/mol. The summed E-state index contributed by atoms with van der Waals surface area (Å²) in [4.78, 5) is 12.4. The van der Waals surface area contributed by atoms with Gasteiger partial charge in [-0.3, -0.25) is 4.79 Å². The maximum Gasteiger partial charge on any atom is 0.234 e. The van der Waals surface area contributed by atoms with Crippen molar-refractivity contribution in [1.29, 1.82) is 0 Å². The molecule has 4 N–H and O–H groups in total. The van der Waals surface area contributed by atoms with E-state index in [0.717, 1.165) is 12.8 Å². The number of carbonyl (C=O) groups excluding carboxylic acids is 1. The van der Waals surface area contributed by atoms with Crippen molar-refractivity contribution in [3.63, 3.8) is 0 Å². The Morgan fingerprint density at radius 1 is 1.56 bits per heavy atom. The molecule has 0 aromatic carbocycles. The van der Waals surface area contributed by atoms with E-state index in [1.807, 2.05) is 0 Å². The number of carbonyl (C=O) groups is 1. The normalized spacial score (nSPS) is 30.8. The molecule has 0 aromatic heterocycles. The van der Waals surface area contributed by atoms with Gasteiger partial charge in [-0.15, -0.1) is 0 Å². The van der Waals surface area contributed by atoms with Crippen LogP contribution in [0.25, 0.3) is 0 Å². The Morgan fingerprint density at radius 3 is 2.72 bits per heavy atom. The van der Waals surface area contributed by atoms with Gasteiger partial charge in [-0.1, -0.05) is 18.5 Å². The Morgan fingerprint density at radius 2 is 2.22 bits per heavy atom. The molecule has 6 heteroatoms. The van der Waals surface area contributed by atoms with Gasteiger partial charge in [-0.25, -0.2) is 0 Å². The number of amidine groups is 1. The van der Waals surface area contributed by atoms with Gasteiger partial charge in [-0.2, -0.15) is 0 Å². The molecule has 1 saturated heterocycles. The van der Waals surface area contributed by atoms with Crippen LogP contribution in [0.2, 0.25) is 0 Å². The van der Waals surface area contributed by atoms with Gasteiger partial charge in [0.2, 0.25) is 5.91 Å². The Bertz CT molecular complexity index is 350. The van der Waals surface area contributed by atoms with E-state index in [2.05, 4.69) is 17.4 Å². The third kappa shape index (κ3) is 2.29. The van der Waals surface area contributed by atoms with Crippen LogP contribution in [0, 0.1) is 11.3 Å². The predicted molar refractivity (Wildman–Crippen MR) is 66.2 cm³/mol. The van der Waals surface area contributed by atoms with Gasteiger partial charge in [-0.05, 0) is 25.2 Å². The molecule has 0 aromatic rings. The maximum atomic E-state index is 12.4. The standard InChI is InChI=1S/C12H21N3O3/c1-2-8-7-9(8)14-11(16)12(10(13)15-17)3-5-18-6-4-12/h8-9,17H,2-7H2,1H3,(H2,13,15)(H,14,16). The molecule has 6 nitrogen and oxygen atoms in total. The predicted octanol–water partition coefficient (Wildman–Crippen LogP) is 0.444. The van der Waals surface area contributed by atoms with Crippen LogP contribution >= 0.6 is 0 Å². The SMILES string of the molecule is CCC1CC1NC(=O)C1(C(N)=NO)CCOCC1. The van der Waals surface area contributed by atoms with Gasteiger partial charge in [0.25, 0.3) is 0 Å². The number of nitrogens with two attached hydrogens (primary N) is 1. The number of amides is 1. The summed E-state index contributed by atoms with van der Waals surface area (Å²) >= 11 is 0. The van der Waals surface area contributed by atoms with Crippen molar-refractivity contribution in [2.75, 3.05) is 13.2 Å². The second kappa shape index (κ2) is 5.14. The minimum absolute atomic E-state index is 0.00278. The lowest BCUT2D eigenvalue weighted by atomic mass is 9.78. The molecule has 1 amide bonds. The van der Waals surface area contributed by atoms with Crippen molar-refractivity contribution in [2.24, 2.45) is 22.2 Å². The Labute approximate surface area is 107 Å². The molecule has 0 spiro atoms. The Kier molecular flexibility index (Phi) is 3.75. The number of nitrogens with zero attached hydrogens (tertiary/aromatic N) is 1. The molecule has 2 unspecified atom stereocenters. The number of oxime groups is 1. The van der Waals surface area contributed by atoms with E-state index in [4.69, 9.17) is 15.7 Å². The average molecular weight is 255 g/mol.